The summed E-state index contributed by atoms with van der Waals surface area (Å²) in [6.07, 6.45) is 0.850. The number of carbonyl (C=O) groups is 1. The van der Waals surface area contributed by atoms with E-state index in [1.165, 1.54) is 11.3 Å². The van der Waals surface area contributed by atoms with Gasteiger partial charge < -0.3 is 14.4 Å². The molecule has 2 aromatic carbocycles. The summed E-state index contributed by atoms with van der Waals surface area (Å²) in [5, 5.41) is 0.695. The second-order valence-electron chi connectivity index (χ2n) is 6.90. The van der Waals surface area contributed by atoms with Crippen LogP contribution in [0.5, 0.6) is 11.5 Å². The Bertz CT molecular complexity index is 977. The quantitative estimate of drug-likeness (QED) is 0.473. The van der Waals surface area contributed by atoms with E-state index >= 15 is 0 Å². The third-order valence-corrected chi connectivity index (χ3v) is 5.48. The van der Waals surface area contributed by atoms with E-state index in [0.717, 1.165) is 28.9 Å². The van der Waals surface area contributed by atoms with Crippen LogP contribution in [-0.2, 0) is 0 Å². The number of thiazole rings is 1. The van der Waals surface area contributed by atoms with E-state index in [9.17, 15) is 4.79 Å². The highest BCUT2D eigenvalue weighted by Gasteiger charge is 2.21. The molecule has 6 nitrogen and oxygen atoms in total. The Labute approximate surface area is 187 Å². The van der Waals surface area contributed by atoms with Gasteiger partial charge in [-0.2, -0.15) is 0 Å². The van der Waals surface area contributed by atoms with Crippen molar-refractivity contribution in [2.24, 2.45) is 0 Å². The van der Waals surface area contributed by atoms with Crippen molar-refractivity contribution in [3.05, 3.63) is 48.0 Å². The number of nitrogens with zero attached hydrogens (tertiary/aromatic N) is 3. The van der Waals surface area contributed by atoms with Crippen molar-refractivity contribution in [1.29, 1.82) is 0 Å². The number of carbonyl (C=O) groups excluding carboxylic acids is 1. The Kier molecular flexibility index (Phi) is 8.89. The Morgan fingerprint density at radius 2 is 1.90 bits per heavy atom. The predicted octanol–water partition coefficient (Wildman–Crippen LogP) is 4.72. The summed E-state index contributed by atoms with van der Waals surface area (Å²) in [5.41, 5.74) is 1.45. The summed E-state index contributed by atoms with van der Waals surface area (Å²) in [6.45, 7) is 4.05. The van der Waals surface area contributed by atoms with Gasteiger partial charge in [0.2, 0.25) is 0 Å². The molecule has 0 saturated carbocycles. The molecule has 0 spiro atoms. The highest BCUT2D eigenvalue weighted by atomic mass is 35.5. The number of aromatic nitrogens is 1. The van der Waals surface area contributed by atoms with Crippen molar-refractivity contribution in [2.75, 3.05) is 45.8 Å². The van der Waals surface area contributed by atoms with Crippen LogP contribution in [0.15, 0.2) is 42.5 Å². The number of benzene rings is 2. The average molecular weight is 450 g/mol. The lowest BCUT2D eigenvalue weighted by atomic mass is 10.2. The molecular weight excluding hydrogens is 422 g/mol. The lowest BCUT2D eigenvalue weighted by Crippen LogP contribution is -2.33. The summed E-state index contributed by atoms with van der Waals surface area (Å²) in [7, 11) is 5.66. The Hall–Kier alpha value is -2.35. The van der Waals surface area contributed by atoms with E-state index in [4.69, 9.17) is 14.5 Å². The molecule has 0 radical (unpaired) electrons. The Morgan fingerprint density at radius 3 is 2.60 bits per heavy atom. The van der Waals surface area contributed by atoms with E-state index in [-0.39, 0.29) is 18.3 Å². The molecule has 162 valence electrons. The van der Waals surface area contributed by atoms with Gasteiger partial charge >= 0.3 is 0 Å². The van der Waals surface area contributed by atoms with Gasteiger partial charge in [0.05, 0.1) is 23.9 Å². The SMILES string of the molecule is CCOc1ccc2nc(N(CCCN(C)C)C(=O)c3cccc(OC)c3)sc2c1.Cl. The molecule has 3 aromatic rings. The van der Waals surface area contributed by atoms with Gasteiger partial charge in [0.25, 0.3) is 5.91 Å². The third kappa shape index (κ3) is 5.84. The van der Waals surface area contributed by atoms with Gasteiger partial charge in [-0.05, 0) is 70.4 Å². The van der Waals surface area contributed by atoms with Crippen LogP contribution < -0.4 is 14.4 Å². The van der Waals surface area contributed by atoms with E-state index in [1.807, 2.05) is 57.4 Å². The Balaban J connectivity index is 0.00000320. The van der Waals surface area contributed by atoms with Gasteiger partial charge in [-0.1, -0.05) is 17.4 Å². The molecule has 8 heteroatoms. The molecular formula is C22H28ClN3O3S. The first kappa shape index (κ1) is 23.9. The fourth-order valence-electron chi connectivity index (χ4n) is 3.01. The smallest absolute Gasteiger partial charge is 0.260 e. The molecule has 0 fully saturated rings. The third-order valence-electron chi connectivity index (χ3n) is 4.44. The molecule has 0 aliphatic heterocycles. The number of halogens is 1. The van der Waals surface area contributed by atoms with E-state index < -0.39 is 0 Å². The Morgan fingerprint density at radius 1 is 1.10 bits per heavy atom. The van der Waals surface area contributed by atoms with Crippen molar-refractivity contribution in [3.63, 3.8) is 0 Å². The number of ether oxygens (including phenoxy) is 2. The van der Waals surface area contributed by atoms with Gasteiger partial charge in [-0.3, -0.25) is 9.69 Å². The van der Waals surface area contributed by atoms with Crippen molar-refractivity contribution >= 4 is 45.0 Å². The molecule has 1 heterocycles. The van der Waals surface area contributed by atoms with Crippen molar-refractivity contribution in [3.8, 4) is 11.5 Å². The highest BCUT2D eigenvalue weighted by molar-refractivity contribution is 7.22. The number of amides is 1. The normalized spacial score (nSPS) is 10.7. The average Bonchev–Trinajstić information content (AvgIpc) is 3.14. The first-order valence-electron chi connectivity index (χ1n) is 9.66. The number of rotatable bonds is 9. The van der Waals surface area contributed by atoms with Crippen LogP contribution in [-0.4, -0.2) is 56.7 Å². The number of hydrogen-bond acceptors (Lipinski definition) is 6. The largest absolute Gasteiger partial charge is 0.497 e. The molecule has 1 amide bonds. The zero-order chi connectivity index (χ0) is 20.8. The van der Waals surface area contributed by atoms with Crippen LogP contribution in [0, 0.1) is 0 Å². The fraction of sp³-hybridized carbons (Fsp3) is 0.364. The van der Waals surface area contributed by atoms with E-state index in [2.05, 4.69) is 4.90 Å². The molecule has 0 unspecified atom stereocenters. The maximum absolute atomic E-state index is 13.3. The molecule has 30 heavy (non-hydrogen) atoms. The lowest BCUT2D eigenvalue weighted by molar-refractivity contribution is 0.0985. The lowest BCUT2D eigenvalue weighted by Gasteiger charge is -2.21. The maximum atomic E-state index is 13.3. The number of hydrogen-bond donors (Lipinski definition) is 0. The van der Waals surface area contributed by atoms with Gasteiger partial charge in [-0.15, -0.1) is 12.4 Å². The van der Waals surface area contributed by atoms with Gasteiger partial charge in [0.15, 0.2) is 5.13 Å². The first-order valence-corrected chi connectivity index (χ1v) is 10.5. The molecule has 3 rings (SSSR count). The van der Waals surface area contributed by atoms with Crippen LogP contribution in [0.1, 0.15) is 23.7 Å². The number of methoxy groups -OCH3 is 1. The fourth-order valence-corrected chi connectivity index (χ4v) is 4.02. The number of anilines is 1. The summed E-state index contributed by atoms with van der Waals surface area (Å²) < 4.78 is 11.9. The molecule has 0 N–H and O–H groups in total. The van der Waals surface area contributed by atoms with E-state index in [0.29, 0.717) is 29.6 Å². The zero-order valence-electron chi connectivity index (χ0n) is 17.8. The summed E-state index contributed by atoms with van der Waals surface area (Å²) in [5.74, 6) is 1.40. The van der Waals surface area contributed by atoms with Gasteiger partial charge in [0, 0.05) is 12.1 Å². The molecule has 0 saturated heterocycles. The van der Waals surface area contributed by atoms with Gasteiger partial charge in [0.1, 0.15) is 11.5 Å². The highest BCUT2D eigenvalue weighted by Crippen LogP contribution is 2.32. The summed E-state index contributed by atoms with van der Waals surface area (Å²) >= 11 is 1.51. The van der Waals surface area contributed by atoms with Crippen LogP contribution in [0.4, 0.5) is 5.13 Å². The molecule has 1 aromatic heterocycles. The molecule has 0 aliphatic rings. The number of fused-ring (bicyclic) bond motifs is 1. The van der Waals surface area contributed by atoms with Crippen LogP contribution in [0.25, 0.3) is 10.2 Å². The minimum absolute atomic E-state index is 0. The van der Waals surface area contributed by atoms with E-state index in [1.54, 1.807) is 18.1 Å². The second kappa shape index (κ2) is 11.2. The first-order chi connectivity index (χ1) is 14.0. The van der Waals surface area contributed by atoms with Crippen LogP contribution >= 0.6 is 23.7 Å². The topological polar surface area (TPSA) is 54.9 Å². The van der Waals surface area contributed by atoms with Crippen molar-refractivity contribution < 1.29 is 14.3 Å². The van der Waals surface area contributed by atoms with Crippen LogP contribution in [0.3, 0.4) is 0 Å². The minimum atomic E-state index is -0.0771. The predicted molar refractivity (Wildman–Crippen MR) is 126 cm³/mol. The van der Waals surface area contributed by atoms with Crippen LogP contribution in [0.2, 0.25) is 0 Å². The van der Waals surface area contributed by atoms with Crippen molar-refractivity contribution in [1.82, 2.24) is 9.88 Å². The van der Waals surface area contributed by atoms with Gasteiger partial charge in [-0.25, -0.2) is 4.98 Å². The monoisotopic (exact) mass is 449 g/mol. The maximum Gasteiger partial charge on any atom is 0.260 e. The van der Waals surface area contributed by atoms with Crippen molar-refractivity contribution in [2.45, 2.75) is 13.3 Å². The molecule has 0 aliphatic carbocycles. The minimum Gasteiger partial charge on any atom is -0.497 e. The standard InChI is InChI=1S/C22H27N3O3S.ClH/c1-5-28-18-10-11-19-20(15-18)29-22(23-19)25(13-7-12-24(2)3)21(26)16-8-6-9-17(14-16)27-4;/h6,8-11,14-15H,5,7,12-13H2,1-4H3;1H. The second-order valence-corrected chi connectivity index (χ2v) is 7.91. The molecule has 0 bridgehead atoms. The summed E-state index contributed by atoms with van der Waals surface area (Å²) in [6, 6.07) is 13.1. The zero-order valence-corrected chi connectivity index (χ0v) is 19.4. The summed E-state index contributed by atoms with van der Waals surface area (Å²) in [4.78, 5) is 21.9. The molecule has 0 atom stereocenters.